The van der Waals surface area contributed by atoms with Crippen LogP contribution in [0.3, 0.4) is 0 Å². The molecule has 1 aliphatic heterocycles. The lowest BCUT2D eigenvalue weighted by Crippen LogP contribution is -2.40. The summed E-state index contributed by atoms with van der Waals surface area (Å²) in [4.78, 5) is 2.73. The number of nitrogens with one attached hydrogen (secondary N) is 1. The van der Waals surface area contributed by atoms with Gasteiger partial charge in [0, 0.05) is 30.7 Å². The Hall–Kier alpha value is -0.0800. The van der Waals surface area contributed by atoms with Crippen molar-refractivity contribution < 1.29 is 0 Å². The van der Waals surface area contributed by atoms with Crippen molar-refractivity contribution in [2.45, 2.75) is 70.1 Å². The minimum Gasteiger partial charge on any atom is -0.310 e. The van der Waals surface area contributed by atoms with Gasteiger partial charge >= 0.3 is 0 Å². The molecule has 0 bridgehead atoms. The Kier molecular flexibility index (Phi) is 2.52. The van der Waals surface area contributed by atoms with E-state index in [2.05, 4.69) is 24.1 Å². The Bertz CT molecular complexity index is 231. The highest BCUT2D eigenvalue weighted by Gasteiger charge is 2.39. The number of rotatable bonds is 4. The summed E-state index contributed by atoms with van der Waals surface area (Å²) in [5.74, 6) is 0.996. The van der Waals surface area contributed by atoms with E-state index in [1.165, 1.54) is 38.6 Å². The van der Waals surface area contributed by atoms with Crippen molar-refractivity contribution in [3.05, 3.63) is 0 Å². The van der Waals surface area contributed by atoms with Crippen molar-refractivity contribution in [1.82, 2.24) is 10.2 Å². The normalized spacial score (nSPS) is 39.6. The van der Waals surface area contributed by atoms with Gasteiger partial charge in [-0.05, 0) is 51.9 Å². The van der Waals surface area contributed by atoms with E-state index >= 15 is 0 Å². The molecule has 2 heteroatoms. The largest absolute Gasteiger partial charge is 0.310 e. The lowest BCUT2D eigenvalue weighted by atomic mass is 10.1. The molecule has 1 N–H and O–H groups in total. The molecule has 2 saturated carbocycles. The van der Waals surface area contributed by atoms with Crippen molar-refractivity contribution in [3.8, 4) is 0 Å². The minimum atomic E-state index is 0.765. The topological polar surface area (TPSA) is 15.3 Å². The minimum absolute atomic E-state index is 0.765. The zero-order chi connectivity index (χ0) is 10.4. The SMILES string of the molecule is CC(NC1CC(C)N(C2CC2)C1)C1CC1. The van der Waals surface area contributed by atoms with Crippen molar-refractivity contribution in [3.63, 3.8) is 0 Å². The van der Waals surface area contributed by atoms with Crippen molar-refractivity contribution in [2.75, 3.05) is 6.54 Å². The first-order chi connectivity index (χ1) is 7.24. The Labute approximate surface area is 93.4 Å². The van der Waals surface area contributed by atoms with Gasteiger partial charge in [-0.1, -0.05) is 0 Å². The first-order valence-corrected chi connectivity index (χ1v) is 6.76. The van der Waals surface area contributed by atoms with Gasteiger partial charge in [-0.2, -0.15) is 0 Å². The van der Waals surface area contributed by atoms with Crippen LogP contribution in [0.2, 0.25) is 0 Å². The molecule has 2 nitrogen and oxygen atoms in total. The maximum Gasteiger partial charge on any atom is 0.0212 e. The quantitative estimate of drug-likeness (QED) is 0.760. The average molecular weight is 208 g/mol. The van der Waals surface area contributed by atoms with Crippen LogP contribution in [0.5, 0.6) is 0 Å². The molecule has 15 heavy (non-hydrogen) atoms. The molecule has 1 saturated heterocycles. The third-order valence-electron chi connectivity index (χ3n) is 4.47. The molecule has 0 aromatic carbocycles. The molecule has 3 aliphatic rings. The highest BCUT2D eigenvalue weighted by molar-refractivity contribution is 4.97. The van der Waals surface area contributed by atoms with Crippen LogP contribution in [0.15, 0.2) is 0 Å². The number of likely N-dealkylation sites (tertiary alicyclic amines) is 1. The van der Waals surface area contributed by atoms with Crippen LogP contribution in [0, 0.1) is 5.92 Å². The van der Waals surface area contributed by atoms with Gasteiger partial charge in [-0.15, -0.1) is 0 Å². The van der Waals surface area contributed by atoms with Gasteiger partial charge < -0.3 is 5.32 Å². The summed E-state index contributed by atoms with van der Waals surface area (Å²) in [6, 6.07) is 3.31. The molecule has 2 aliphatic carbocycles. The molecule has 0 aromatic heterocycles. The van der Waals surface area contributed by atoms with E-state index in [0.29, 0.717) is 0 Å². The maximum absolute atomic E-state index is 3.84. The molecule has 1 heterocycles. The molecule has 0 aromatic rings. The highest BCUT2D eigenvalue weighted by Crippen LogP contribution is 2.35. The predicted octanol–water partition coefficient (Wildman–Crippen LogP) is 2.00. The fourth-order valence-electron chi connectivity index (χ4n) is 3.20. The highest BCUT2D eigenvalue weighted by atomic mass is 15.3. The van der Waals surface area contributed by atoms with Crippen LogP contribution < -0.4 is 5.32 Å². The van der Waals surface area contributed by atoms with Crippen molar-refractivity contribution >= 4 is 0 Å². The van der Waals surface area contributed by atoms with E-state index in [9.17, 15) is 0 Å². The number of nitrogens with zero attached hydrogens (tertiary/aromatic N) is 1. The van der Waals surface area contributed by atoms with Crippen LogP contribution >= 0.6 is 0 Å². The Morgan fingerprint density at radius 2 is 1.93 bits per heavy atom. The molecule has 0 spiro atoms. The Balaban J connectivity index is 1.50. The molecule has 3 rings (SSSR count). The summed E-state index contributed by atoms with van der Waals surface area (Å²) in [6.45, 7) is 6.09. The molecular formula is C13H24N2. The molecular weight excluding hydrogens is 184 g/mol. The van der Waals surface area contributed by atoms with Crippen molar-refractivity contribution in [2.24, 2.45) is 5.92 Å². The van der Waals surface area contributed by atoms with Crippen LogP contribution in [0.25, 0.3) is 0 Å². The van der Waals surface area contributed by atoms with Crippen LogP contribution in [0.1, 0.15) is 46.0 Å². The van der Waals surface area contributed by atoms with E-state index in [-0.39, 0.29) is 0 Å². The Morgan fingerprint density at radius 1 is 1.20 bits per heavy atom. The lowest BCUT2D eigenvalue weighted by Gasteiger charge is -2.21. The van der Waals surface area contributed by atoms with Gasteiger partial charge in [-0.3, -0.25) is 4.90 Å². The standard InChI is InChI=1S/C13H24N2/c1-9-7-12(8-15(9)13-5-6-13)14-10(2)11-3-4-11/h9-14H,3-8H2,1-2H3. The summed E-state index contributed by atoms with van der Waals surface area (Å²) in [5, 5.41) is 3.84. The molecule has 3 atom stereocenters. The fourth-order valence-corrected chi connectivity index (χ4v) is 3.20. The zero-order valence-electron chi connectivity index (χ0n) is 10.1. The van der Waals surface area contributed by atoms with Gasteiger partial charge in [0.1, 0.15) is 0 Å². The second kappa shape index (κ2) is 3.74. The third-order valence-corrected chi connectivity index (χ3v) is 4.47. The molecule has 3 unspecified atom stereocenters. The fraction of sp³-hybridized carbons (Fsp3) is 1.00. The second-order valence-electron chi connectivity index (χ2n) is 6.00. The van der Waals surface area contributed by atoms with E-state index in [0.717, 1.165) is 30.1 Å². The van der Waals surface area contributed by atoms with Gasteiger partial charge in [0.25, 0.3) is 0 Å². The molecule has 3 fully saturated rings. The van der Waals surface area contributed by atoms with E-state index in [4.69, 9.17) is 0 Å². The predicted molar refractivity (Wildman–Crippen MR) is 62.9 cm³/mol. The van der Waals surface area contributed by atoms with Crippen LogP contribution in [0.4, 0.5) is 0 Å². The third kappa shape index (κ3) is 2.21. The van der Waals surface area contributed by atoms with Crippen LogP contribution in [-0.4, -0.2) is 35.6 Å². The average Bonchev–Trinajstić information content (AvgIpc) is 3.07. The smallest absolute Gasteiger partial charge is 0.0212 e. The van der Waals surface area contributed by atoms with E-state index in [1.807, 2.05) is 0 Å². The van der Waals surface area contributed by atoms with Gasteiger partial charge in [0.15, 0.2) is 0 Å². The van der Waals surface area contributed by atoms with Gasteiger partial charge in [0.2, 0.25) is 0 Å². The summed E-state index contributed by atoms with van der Waals surface area (Å²) in [7, 11) is 0. The summed E-state index contributed by atoms with van der Waals surface area (Å²) >= 11 is 0. The second-order valence-corrected chi connectivity index (χ2v) is 6.00. The van der Waals surface area contributed by atoms with E-state index in [1.54, 1.807) is 0 Å². The molecule has 0 radical (unpaired) electrons. The summed E-state index contributed by atoms with van der Waals surface area (Å²) < 4.78 is 0. The zero-order valence-corrected chi connectivity index (χ0v) is 10.1. The Morgan fingerprint density at radius 3 is 2.53 bits per heavy atom. The van der Waals surface area contributed by atoms with E-state index < -0.39 is 0 Å². The first-order valence-electron chi connectivity index (χ1n) is 6.76. The first kappa shape index (κ1) is 10.1. The van der Waals surface area contributed by atoms with Gasteiger partial charge in [-0.25, -0.2) is 0 Å². The molecule has 0 amide bonds. The van der Waals surface area contributed by atoms with Crippen LogP contribution in [-0.2, 0) is 0 Å². The maximum atomic E-state index is 3.84. The summed E-state index contributed by atoms with van der Waals surface area (Å²) in [6.07, 6.45) is 7.20. The monoisotopic (exact) mass is 208 g/mol. The van der Waals surface area contributed by atoms with Crippen molar-refractivity contribution in [1.29, 1.82) is 0 Å². The summed E-state index contributed by atoms with van der Waals surface area (Å²) in [5.41, 5.74) is 0. The van der Waals surface area contributed by atoms with Gasteiger partial charge in [0.05, 0.1) is 0 Å². The number of hydrogen-bond donors (Lipinski definition) is 1. The number of hydrogen-bond acceptors (Lipinski definition) is 2. The lowest BCUT2D eigenvalue weighted by molar-refractivity contribution is 0.253. The molecule has 86 valence electrons.